The third-order valence-corrected chi connectivity index (χ3v) is 0.183. The molecule has 2 N–H and O–H groups in total. The van der Waals surface area contributed by atoms with Crippen LogP contribution in [0.15, 0.2) is 0 Å². The van der Waals surface area contributed by atoms with Crippen molar-refractivity contribution in [1.82, 2.24) is 0 Å². The van der Waals surface area contributed by atoms with E-state index in [1.807, 2.05) is 0 Å². The van der Waals surface area contributed by atoms with Crippen LogP contribution < -0.4 is 29.6 Å². The Morgan fingerprint density at radius 2 is 1.25 bits per heavy atom. The normalized spacial score (nSPS) is 5.50. The van der Waals surface area contributed by atoms with Gasteiger partial charge in [-0.15, -0.1) is 0 Å². The Bertz CT molecular complexity index is 84.6. The largest absolute Gasteiger partial charge is 1.00 e. The average molecular weight is 144 g/mol. The molecule has 0 aromatic rings. The van der Waals surface area contributed by atoms with Crippen molar-refractivity contribution in [2.75, 3.05) is 0 Å². The fourth-order valence-corrected chi connectivity index (χ4v) is 0. The number of hydrogen-bond donors (Lipinski definition) is 2. The minimum Gasteiger partial charge on any atom is -1.00 e. The molecule has 0 rings (SSSR count). The van der Waals surface area contributed by atoms with Gasteiger partial charge in [0.05, 0.1) is 0 Å². The van der Waals surface area contributed by atoms with E-state index in [0.29, 0.717) is 0 Å². The molecule has 42 valence electrons. The van der Waals surface area contributed by atoms with Crippen LogP contribution in [-0.2, 0) is 9.59 Å². The summed E-state index contributed by atoms with van der Waals surface area (Å²) in [6, 6.07) is 0. The molecule has 0 unspecified atom stereocenters. The molecular formula is C2H6AlNaO4. The molecule has 0 aliphatic carbocycles. The Hall–Kier alpha value is 0.472. The molecular weight excluding hydrogens is 138 g/mol. The van der Waals surface area contributed by atoms with E-state index in [1.165, 1.54) is 0 Å². The van der Waals surface area contributed by atoms with Gasteiger partial charge in [-0.1, -0.05) is 0 Å². The summed E-state index contributed by atoms with van der Waals surface area (Å²) in [4.78, 5) is 18.2. The van der Waals surface area contributed by atoms with Crippen molar-refractivity contribution >= 4 is 29.3 Å². The maximum absolute atomic E-state index is 9.10. The number of rotatable bonds is 0. The summed E-state index contributed by atoms with van der Waals surface area (Å²) in [6.45, 7) is 0. The summed E-state index contributed by atoms with van der Waals surface area (Å²) in [5, 5.41) is 14.8. The zero-order valence-corrected chi connectivity index (χ0v) is 5.71. The quantitative estimate of drug-likeness (QED) is 0.264. The second-order valence-corrected chi connectivity index (χ2v) is 0.610. The second kappa shape index (κ2) is 7.47. The predicted octanol–water partition coefficient (Wildman–Crippen LogP) is -4.91. The maximum Gasteiger partial charge on any atom is 1.00 e. The Morgan fingerprint density at radius 3 is 1.25 bits per heavy atom. The van der Waals surface area contributed by atoms with Gasteiger partial charge in [-0.3, -0.25) is 0 Å². The topological polar surface area (TPSA) is 74.6 Å². The number of carboxylic acids is 2. The SMILES string of the molecule is O=C(O)C(=O)O.[AlH3].[H-].[Na+]. The Labute approximate surface area is 79.8 Å². The van der Waals surface area contributed by atoms with Crippen LogP contribution >= 0.6 is 0 Å². The van der Waals surface area contributed by atoms with E-state index in [-0.39, 0.29) is 48.3 Å². The molecule has 0 heterocycles. The molecule has 0 amide bonds. The molecule has 0 aliphatic rings. The molecule has 0 aromatic carbocycles. The summed E-state index contributed by atoms with van der Waals surface area (Å²) in [6.07, 6.45) is 0. The summed E-state index contributed by atoms with van der Waals surface area (Å²) >= 11 is 0. The average Bonchev–Trinajstić information content (AvgIpc) is 1.36. The van der Waals surface area contributed by atoms with E-state index in [0.717, 1.165) is 0 Å². The van der Waals surface area contributed by atoms with E-state index in [9.17, 15) is 0 Å². The Kier molecular flexibility index (Phi) is 14.8. The van der Waals surface area contributed by atoms with Gasteiger partial charge >= 0.3 is 41.5 Å². The number of aliphatic carboxylic acids is 2. The first kappa shape index (κ1) is 15.8. The Morgan fingerprint density at radius 1 is 1.12 bits per heavy atom. The van der Waals surface area contributed by atoms with Gasteiger partial charge in [0.25, 0.3) is 0 Å². The van der Waals surface area contributed by atoms with Crippen LogP contribution in [0.4, 0.5) is 0 Å². The van der Waals surface area contributed by atoms with Crippen molar-refractivity contribution in [3.8, 4) is 0 Å². The third-order valence-electron chi connectivity index (χ3n) is 0.183. The molecule has 0 radical (unpaired) electrons. The van der Waals surface area contributed by atoms with Crippen molar-refractivity contribution < 1.29 is 50.8 Å². The monoisotopic (exact) mass is 144 g/mol. The van der Waals surface area contributed by atoms with Crippen molar-refractivity contribution in [3.63, 3.8) is 0 Å². The van der Waals surface area contributed by atoms with Crippen molar-refractivity contribution in [1.29, 1.82) is 0 Å². The van der Waals surface area contributed by atoms with Gasteiger partial charge in [-0.05, 0) is 0 Å². The van der Waals surface area contributed by atoms with Gasteiger partial charge in [0.2, 0.25) is 0 Å². The van der Waals surface area contributed by atoms with Crippen LogP contribution in [0.3, 0.4) is 0 Å². The molecule has 0 aromatic heterocycles. The maximum atomic E-state index is 9.10. The van der Waals surface area contributed by atoms with Gasteiger partial charge < -0.3 is 11.6 Å². The van der Waals surface area contributed by atoms with E-state index < -0.39 is 11.9 Å². The molecule has 0 saturated carbocycles. The standard InChI is InChI=1S/C2H2O4.Al.Na.4H/c3-1(4)2(5)6;;;;;;/h(H,3,4)(H,5,6);;;;;;/q;;+1;;;;-1. The van der Waals surface area contributed by atoms with E-state index in [4.69, 9.17) is 19.8 Å². The molecule has 0 bridgehead atoms. The molecule has 8 heavy (non-hydrogen) atoms. The molecule has 0 fully saturated rings. The second-order valence-electron chi connectivity index (χ2n) is 0.610. The first-order valence-electron chi connectivity index (χ1n) is 1.11. The van der Waals surface area contributed by atoms with Crippen molar-refractivity contribution in [2.24, 2.45) is 0 Å². The van der Waals surface area contributed by atoms with Gasteiger partial charge in [-0.25, -0.2) is 9.59 Å². The van der Waals surface area contributed by atoms with Crippen molar-refractivity contribution in [3.05, 3.63) is 0 Å². The number of carboxylic acid groups (broad SMARTS) is 2. The van der Waals surface area contributed by atoms with Gasteiger partial charge in [0.1, 0.15) is 0 Å². The number of hydrogen-bond acceptors (Lipinski definition) is 2. The van der Waals surface area contributed by atoms with Gasteiger partial charge in [0, 0.05) is 0 Å². The van der Waals surface area contributed by atoms with Crippen molar-refractivity contribution in [2.45, 2.75) is 0 Å². The predicted molar refractivity (Wildman–Crippen MR) is 26.3 cm³/mol. The Balaban J connectivity index is -0.0000000417. The van der Waals surface area contributed by atoms with Crippen LogP contribution in [0.1, 0.15) is 1.43 Å². The van der Waals surface area contributed by atoms with Crippen LogP contribution in [0.25, 0.3) is 0 Å². The number of carbonyl (C=O) groups is 2. The first-order valence-corrected chi connectivity index (χ1v) is 1.11. The summed E-state index contributed by atoms with van der Waals surface area (Å²) in [5.41, 5.74) is 0. The third kappa shape index (κ3) is 9.69. The molecule has 0 aliphatic heterocycles. The smallest absolute Gasteiger partial charge is 1.00 e. The van der Waals surface area contributed by atoms with Gasteiger partial charge in [0.15, 0.2) is 17.4 Å². The molecule has 6 heteroatoms. The minimum atomic E-state index is -1.82. The minimum absolute atomic E-state index is 0. The zero-order chi connectivity index (χ0) is 5.15. The van der Waals surface area contributed by atoms with Crippen LogP contribution in [0.2, 0.25) is 0 Å². The van der Waals surface area contributed by atoms with Crippen LogP contribution in [-0.4, -0.2) is 39.5 Å². The van der Waals surface area contributed by atoms with Gasteiger partial charge in [-0.2, -0.15) is 0 Å². The molecule has 0 spiro atoms. The summed E-state index contributed by atoms with van der Waals surface area (Å²) < 4.78 is 0. The van der Waals surface area contributed by atoms with E-state index in [1.54, 1.807) is 0 Å². The molecule has 0 atom stereocenters. The van der Waals surface area contributed by atoms with Crippen LogP contribution in [0.5, 0.6) is 0 Å². The molecule has 4 nitrogen and oxygen atoms in total. The van der Waals surface area contributed by atoms with E-state index >= 15 is 0 Å². The summed E-state index contributed by atoms with van der Waals surface area (Å²) in [7, 11) is 0. The molecule has 0 saturated heterocycles. The fraction of sp³-hybridized carbons (Fsp3) is 0. The van der Waals surface area contributed by atoms with Crippen LogP contribution in [0, 0.1) is 0 Å². The summed E-state index contributed by atoms with van der Waals surface area (Å²) in [5.74, 6) is -3.65. The fourth-order valence-electron chi connectivity index (χ4n) is 0. The zero-order valence-electron chi connectivity index (χ0n) is 4.71. The van der Waals surface area contributed by atoms with E-state index in [2.05, 4.69) is 0 Å². The first-order chi connectivity index (χ1) is 2.64.